The van der Waals surface area contributed by atoms with E-state index in [0.29, 0.717) is 0 Å². The van der Waals surface area contributed by atoms with E-state index in [1.165, 1.54) is 19.3 Å². The summed E-state index contributed by atoms with van der Waals surface area (Å²) in [6, 6.07) is 0.772. The van der Waals surface area contributed by atoms with Crippen LogP contribution in [0.3, 0.4) is 0 Å². The fourth-order valence-corrected chi connectivity index (χ4v) is 2.25. The maximum absolute atomic E-state index is 3.40. The molecule has 1 N–H and O–H groups in total. The van der Waals surface area contributed by atoms with Crippen molar-refractivity contribution in [2.75, 3.05) is 7.05 Å². The van der Waals surface area contributed by atoms with E-state index in [0.717, 1.165) is 17.9 Å². The molecule has 0 spiro atoms. The standard InChI is InChI=1S/C9H19N/c1-7-5-4-6-8(2)9(7)10-3/h7-10H,4-6H2,1-3H3/t7-,8+,9?. The maximum atomic E-state index is 3.40. The van der Waals surface area contributed by atoms with E-state index in [1.807, 2.05) is 0 Å². The summed E-state index contributed by atoms with van der Waals surface area (Å²) >= 11 is 0. The van der Waals surface area contributed by atoms with Crippen LogP contribution in [0, 0.1) is 11.8 Å². The molecule has 1 fully saturated rings. The molecular formula is C9H19N. The van der Waals surface area contributed by atoms with Crippen LogP contribution in [-0.4, -0.2) is 13.1 Å². The van der Waals surface area contributed by atoms with Gasteiger partial charge < -0.3 is 5.32 Å². The third-order valence-corrected chi connectivity index (χ3v) is 2.88. The lowest BCUT2D eigenvalue weighted by molar-refractivity contribution is 0.219. The smallest absolute Gasteiger partial charge is 0.0115 e. The molecule has 0 radical (unpaired) electrons. The second-order valence-electron chi connectivity index (χ2n) is 3.70. The molecule has 3 atom stereocenters. The van der Waals surface area contributed by atoms with Crippen molar-refractivity contribution >= 4 is 0 Å². The molecule has 0 bridgehead atoms. The zero-order chi connectivity index (χ0) is 7.56. The Morgan fingerprint density at radius 2 is 1.60 bits per heavy atom. The Kier molecular flexibility index (Phi) is 2.72. The summed E-state index contributed by atoms with van der Waals surface area (Å²) in [5.41, 5.74) is 0. The highest BCUT2D eigenvalue weighted by atomic mass is 14.9. The van der Waals surface area contributed by atoms with Gasteiger partial charge in [-0.1, -0.05) is 20.3 Å². The van der Waals surface area contributed by atoms with Crippen molar-refractivity contribution in [3.05, 3.63) is 0 Å². The van der Waals surface area contributed by atoms with Gasteiger partial charge in [0.1, 0.15) is 0 Å². The molecule has 0 amide bonds. The number of hydrogen-bond donors (Lipinski definition) is 1. The fourth-order valence-electron chi connectivity index (χ4n) is 2.25. The Bertz CT molecular complexity index is 90.9. The average molecular weight is 141 g/mol. The molecule has 0 aliphatic heterocycles. The first kappa shape index (κ1) is 8.06. The summed E-state index contributed by atoms with van der Waals surface area (Å²) in [4.78, 5) is 0. The first-order valence-electron chi connectivity index (χ1n) is 4.43. The predicted molar refractivity (Wildman–Crippen MR) is 45.0 cm³/mol. The van der Waals surface area contributed by atoms with E-state index >= 15 is 0 Å². The van der Waals surface area contributed by atoms with Gasteiger partial charge in [0, 0.05) is 6.04 Å². The van der Waals surface area contributed by atoms with Gasteiger partial charge >= 0.3 is 0 Å². The minimum atomic E-state index is 0.772. The Hall–Kier alpha value is -0.0400. The van der Waals surface area contributed by atoms with Crippen molar-refractivity contribution in [1.82, 2.24) is 5.32 Å². The highest BCUT2D eigenvalue weighted by molar-refractivity contribution is 4.81. The third-order valence-electron chi connectivity index (χ3n) is 2.88. The van der Waals surface area contributed by atoms with Crippen LogP contribution in [0.25, 0.3) is 0 Å². The number of nitrogens with one attached hydrogen (secondary N) is 1. The summed E-state index contributed by atoms with van der Waals surface area (Å²) in [6.07, 6.45) is 4.26. The van der Waals surface area contributed by atoms with Crippen molar-refractivity contribution in [2.24, 2.45) is 11.8 Å². The summed E-state index contributed by atoms with van der Waals surface area (Å²) in [7, 11) is 2.09. The first-order chi connectivity index (χ1) is 4.75. The van der Waals surface area contributed by atoms with Crippen molar-refractivity contribution < 1.29 is 0 Å². The lowest BCUT2D eigenvalue weighted by Gasteiger charge is -2.34. The van der Waals surface area contributed by atoms with Crippen LogP contribution < -0.4 is 5.32 Å². The molecule has 1 nitrogen and oxygen atoms in total. The molecule has 1 heteroatoms. The van der Waals surface area contributed by atoms with Gasteiger partial charge in [-0.05, 0) is 31.7 Å². The first-order valence-corrected chi connectivity index (χ1v) is 4.43. The molecule has 1 saturated carbocycles. The lowest BCUT2D eigenvalue weighted by Crippen LogP contribution is -2.40. The van der Waals surface area contributed by atoms with Crippen LogP contribution in [0.2, 0.25) is 0 Å². The van der Waals surface area contributed by atoms with Crippen molar-refractivity contribution in [3.63, 3.8) is 0 Å². The van der Waals surface area contributed by atoms with E-state index in [4.69, 9.17) is 0 Å². The monoisotopic (exact) mass is 141 g/mol. The highest BCUT2D eigenvalue weighted by Crippen LogP contribution is 2.28. The molecule has 1 aliphatic carbocycles. The molecule has 0 aromatic rings. The van der Waals surface area contributed by atoms with Gasteiger partial charge in [-0.3, -0.25) is 0 Å². The predicted octanol–water partition coefficient (Wildman–Crippen LogP) is 2.03. The summed E-state index contributed by atoms with van der Waals surface area (Å²) < 4.78 is 0. The van der Waals surface area contributed by atoms with E-state index < -0.39 is 0 Å². The molecule has 1 rings (SSSR count). The van der Waals surface area contributed by atoms with Crippen molar-refractivity contribution in [3.8, 4) is 0 Å². The molecule has 0 saturated heterocycles. The highest BCUT2D eigenvalue weighted by Gasteiger charge is 2.25. The summed E-state index contributed by atoms with van der Waals surface area (Å²) in [6.45, 7) is 4.72. The summed E-state index contributed by atoms with van der Waals surface area (Å²) in [5, 5.41) is 3.40. The van der Waals surface area contributed by atoms with Gasteiger partial charge in [-0.25, -0.2) is 0 Å². The van der Waals surface area contributed by atoms with E-state index in [2.05, 4.69) is 26.2 Å². The van der Waals surface area contributed by atoms with Gasteiger partial charge in [0.2, 0.25) is 0 Å². The van der Waals surface area contributed by atoms with Crippen LogP contribution in [-0.2, 0) is 0 Å². The van der Waals surface area contributed by atoms with E-state index in [1.54, 1.807) is 0 Å². The molecule has 1 aliphatic rings. The second kappa shape index (κ2) is 3.38. The normalized spacial score (nSPS) is 41.7. The summed E-state index contributed by atoms with van der Waals surface area (Å²) in [5.74, 6) is 1.77. The average Bonchev–Trinajstić information content (AvgIpc) is 1.88. The maximum Gasteiger partial charge on any atom is 0.0115 e. The van der Waals surface area contributed by atoms with Crippen LogP contribution >= 0.6 is 0 Å². The lowest BCUT2D eigenvalue weighted by atomic mass is 9.79. The zero-order valence-electron chi connectivity index (χ0n) is 7.35. The number of hydrogen-bond acceptors (Lipinski definition) is 1. The van der Waals surface area contributed by atoms with Crippen LogP contribution in [0.5, 0.6) is 0 Å². The molecule has 10 heavy (non-hydrogen) atoms. The van der Waals surface area contributed by atoms with Gasteiger partial charge in [0.05, 0.1) is 0 Å². The fraction of sp³-hybridized carbons (Fsp3) is 1.00. The molecule has 60 valence electrons. The largest absolute Gasteiger partial charge is 0.316 e. The number of rotatable bonds is 1. The topological polar surface area (TPSA) is 12.0 Å². The van der Waals surface area contributed by atoms with Gasteiger partial charge in [0.25, 0.3) is 0 Å². The SMILES string of the molecule is CNC1[C@H](C)CCC[C@@H]1C. The van der Waals surface area contributed by atoms with Crippen LogP contribution in [0.15, 0.2) is 0 Å². The Balaban J connectivity index is 2.45. The van der Waals surface area contributed by atoms with Crippen molar-refractivity contribution in [2.45, 2.75) is 39.2 Å². The Morgan fingerprint density at radius 3 is 1.90 bits per heavy atom. The van der Waals surface area contributed by atoms with Gasteiger partial charge in [-0.15, -0.1) is 0 Å². The minimum Gasteiger partial charge on any atom is -0.316 e. The zero-order valence-corrected chi connectivity index (χ0v) is 7.35. The van der Waals surface area contributed by atoms with E-state index in [-0.39, 0.29) is 0 Å². The molecule has 1 unspecified atom stereocenters. The van der Waals surface area contributed by atoms with Crippen molar-refractivity contribution in [1.29, 1.82) is 0 Å². The van der Waals surface area contributed by atoms with Crippen LogP contribution in [0.4, 0.5) is 0 Å². The minimum absolute atomic E-state index is 0.772. The Labute approximate surface area is 64.2 Å². The van der Waals surface area contributed by atoms with E-state index in [9.17, 15) is 0 Å². The molecule has 0 aromatic carbocycles. The molecule has 0 aromatic heterocycles. The third kappa shape index (κ3) is 1.51. The second-order valence-corrected chi connectivity index (χ2v) is 3.70. The Morgan fingerprint density at radius 1 is 1.10 bits per heavy atom. The van der Waals surface area contributed by atoms with Gasteiger partial charge in [0.15, 0.2) is 0 Å². The molecular weight excluding hydrogens is 122 g/mol. The molecule has 0 heterocycles. The van der Waals surface area contributed by atoms with Gasteiger partial charge in [-0.2, -0.15) is 0 Å². The quantitative estimate of drug-likeness (QED) is 0.589. The van der Waals surface area contributed by atoms with Crippen LogP contribution in [0.1, 0.15) is 33.1 Å².